The van der Waals surface area contributed by atoms with E-state index in [1.165, 1.54) is 31.1 Å². The molecular formula is C29H32N4O. The van der Waals surface area contributed by atoms with Gasteiger partial charge in [-0.1, -0.05) is 93.6 Å². The molecule has 0 spiro atoms. The Hall–Kier alpha value is -3.73. The van der Waals surface area contributed by atoms with Gasteiger partial charge < -0.3 is 0 Å². The van der Waals surface area contributed by atoms with E-state index in [0.717, 1.165) is 40.7 Å². The molecule has 1 heterocycles. The van der Waals surface area contributed by atoms with Crippen molar-refractivity contribution < 1.29 is 4.79 Å². The number of rotatable bonds is 11. The number of unbranched alkanes of at least 4 members (excludes halogenated alkanes) is 5. The first kappa shape index (κ1) is 23.4. The first-order chi connectivity index (χ1) is 16.7. The van der Waals surface area contributed by atoms with E-state index in [-0.39, 0.29) is 5.91 Å². The second-order valence-corrected chi connectivity index (χ2v) is 8.59. The van der Waals surface area contributed by atoms with Crippen LogP contribution in [0.2, 0.25) is 0 Å². The third kappa shape index (κ3) is 6.19. The molecule has 34 heavy (non-hydrogen) atoms. The Kier molecular flexibility index (Phi) is 8.22. The summed E-state index contributed by atoms with van der Waals surface area (Å²) in [4.78, 5) is 12.2. The van der Waals surface area contributed by atoms with Crippen molar-refractivity contribution in [3.05, 3.63) is 84.6 Å². The van der Waals surface area contributed by atoms with Crippen LogP contribution in [-0.2, 0) is 4.79 Å². The number of hydrazone groups is 1. The average Bonchev–Trinajstić information content (AvgIpc) is 3.30. The summed E-state index contributed by atoms with van der Waals surface area (Å²) in [6.07, 6.45) is 11.1. The van der Waals surface area contributed by atoms with E-state index < -0.39 is 0 Å². The van der Waals surface area contributed by atoms with Gasteiger partial charge in [0.2, 0.25) is 5.91 Å². The minimum absolute atomic E-state index is 0.0468. The van der Waals surface area contributed by atoms with Crippen LogP contribution in [0.5, 0.6) is 0 Å². The topological polar surface area (TPSA) is 59.3 Å². The van der Waals surface area contributed by atoms with Gasteiger partial charge in [0.1, 0.15) is 5.69 Å². The molecule has 0 saturated heterocycles. The van der Waals surface area contributed by atoms with Gasteiger partial charge in [-0.2, -0.15) is 10.2 Å². The molecule has 1 aromatic heterocycles. The minimum Gasteiger partial charge on any atom is -0.273 e. The van der Waals surface area contributed by atoms with Crippen LogP contribution in [0.1, 0.15) is 57.4 Å². The van der Waals surface area contributed by atoms with Crippen LogP contribution < -0.4 is 5.43 Å². The number of carbonyl (C=O) groups is 1. The molecule has 3 aromatic carbocycles. The molecule has 0 bridgehead atoms. The lowest BCUT2D eigenvalue weighted by molar-refractivity contribution is -0.121. The van der Waals surface area contributed by atoms with E-state index in [0.29, 0.717) is 6.42 Å². The molecule has 1 amide bonds. The fraction of sp³-hybridized carbons (Fsp3) is 0.276. The third-order valence-corrected chi connectivity index (χ3v) is 5.94. The Morgan fingerprint density at radius 2 is 1.65 bits per heavy atom. The van der Waals surface area contributed by atoms with Crippen LogP contribution in [0, 0.1) is 0 Å². The summed E-state index contributed by atoms with van der Waals surface area (Å²) in [5.41, 5.74) is 6.33. The number of hydrogen-bond acceptors (Lipinski definition) is 3. The number of hydrogen-bond donors (Lipinski definition) is 1. The molecule has 0 radical (unpaired) electrons. The van der Waals surface area contributed by atoms with Gasteiger partial charge in [0.15, 0.2) is 0 Å². The molecular weight excluding hydrogens is 420 g/mol. The Morgan fingerprint density at radius 1 is 0.912 bits per heavy atom. The van der Waals surface area contributed by atoms with Crippen LogP contribution in [-0.4, -0.2) is 21.9 Å². The highest BCUT2D eigenvalue weighted by molar-refractivity contribution is 5.93. The standard InChI is InChI=1S/C29H32N4O/c1-2-3-4-5-6-10-17-28(34)31-30-21-26-22-33(27-15-8-7-9-16-27)32-29(26)25-19-18-23-13-11-12-14-24(23)20-25/h7-9,11-16,18-22H,2-6,10,17H2,1H3,(H,31,34)/b30-21-. The molecule has 0 unspecified atom stereocenters. The molecule has 174 valence electrons. The van der Waals surface area contributed by atoms with E-state index in [1.807, 2.05) is 53.3 Å². The highest BCUT2D eigenvalue weighted by Gasteiger charge is 2.12. The summed E-state index contributed by atoms with van der Waals surface area (Å²) in [7, 11) is 0. The van der Waals surface area contributed by atoms with Gasteiger partial charge in [-0.3, -0.25) is 4.79 Å². The van der Waals surface area contributed by atoms with Crippen molar-refractivity contribution >= 4 is 22.9 Å². The molecule has 1 N–H and O–H groups in total. The molecule has 0 aliphatic heterocycles. The van der Waals surface area contributed by atoms with Crippen molar-refractivity contribution in [2.45, 2.75) is 51.9 Å². The predicted octanol–water partition coefficient (Wildman–Crippen LogP) is 6.89. The fourth-order valence-electron chi connectivity index (χ4n) is 4.05. The summed E-state index contributed by atoms with van der Waals surface area (Å²) < 4.78 is 1.85. The largest absolute Gasteiger partial charge is 0.273 e. The van der Waals surface area contributed by atoms with E-state index in [2.05, 4.69) is 47.8 Å². The van der Waals surface area contributed by atoms with Crippen molar-refractivity contribution in [3.8, 4) is 16.9 Å². The lowest BCUT2D eigenvalue weighted by Crippen LogP contribution is -2.16. The number of para-hydroxylation sites is 1. The van der Waals surface area contributed by atoms with Gasteiger partial charge in [-0.15, -0.1) is 0 Å². The van der Waals surface area contributed by atoms with Gasteiger partial charge in [-0.05, 0) is 35.4 Å². The lowest BCUT2D eigenvalue weighted by atomic mass is 10.0. The monoisotopic (exact) mass is 452 g/mol. The Morgan fingerprint density at radius 3 is 2.47 bits per heavy atom. The van der Waals surface area contributed by atoms with Gasteiger partial charge in [0, 0.05) is 23.7 Å². The number of nitrogens with zero attached hydrogens (tertiary/aromatic N) is 3. The van der Waals surface area contributed by atoms with Crippen LogP contribution in [0.4, 0.5) is 0 Å². The zero-order chi connectivity index (χ0) is 23.6. The van der Waals surface area contributed by atoms with Crippen molar-refractivity contribution in [3.63, 3.8) is 0 Å². The third-order valence-electron chi connectivity index (χ3n) is 5.94. The number of benzene rings is 3. The molecule has 5 heteroatoms. The van der Waals surface area contributed by atoms with E-state index >= 15 is 0 Å². The summed E-state index contributed by atoms with van der Waals surface area (Å²) >= 11 is 0. The van der Waals surface area contributed by atoms with Crippen molar-refractivity contribution in [2.24, 2.45) is 5.10 Å². The Bertz CT molecular complexity index is 1240. The lowest BCUT2D eigenvalue weighted by Gasteiger charge is -2.03. The summed E-state index contributed by atoms with van der Waals surface area (Å²) in [5.74, 6) is -0.0468. The van der Waals surface area contributed by atoms with E-state index in [9.17, 15) is 4.79 Å². The highest BCUT2D eigenvalue weighted by atomic mass is 16.2. The normalized spacial score (nSPS) is 11.3. The smallest absolute Gasteiger partial charge is 0.240 e. The summed E-state index contributed by atoms with van der Waals surface area (Å²) in [5, 5.41) is 11.4. The maximum absolute atomic E-state index is 12.2. The van der Waals surface area contributed by atoms with Gasteiger partial charge >= 0.3 is 0 Å². The number of aromatic nitrogens is 2. The molecule has 0 saturated carbocycles. The minimum atomic E-state index is -0.0468. The maximum Gasteiger partial charge on any atom is 0.240 e. The Labute approximate surface area is 201 Å². The predicted molar refractivity (Wildman–Crippen MR) is 140 cm³/mol. The fourth-order valence-corrected chi connectivity index (χ4v) is 4.05. The SMILES string of the molecule is CCCCCCCCC(=O)N/N=C\c1cn(-c2ccccc2)nc1-c1ccc2ccccc2c1. The van der Waals surface area contributed by atoms with E-state index in [4.69, 9.17) is 5.10 Å². The zero-order valence-corrected chi connectivity index (χ0v) is 19.8. The second kappa shape index (κ2) is 11.9. The summed E-state index contributed by atoms with van der Waals surface area (Å²) in [6.45, 7) is 2.21. The van der Waals surface area contributed by atoms with Gasteiger partial charge in [0.05, 0.1) is 11.9 Å². The Balaban J connectivity index is 1.50. The second-order valence-electron chi connectivity index (χ2n) is 8.59. The molecule has 0 aliphatic rings. The number of carbonyl (C=O) groups excluding carboxylic acids is 1. The summed E-state index contributed by atoms with van der Waals surface area (Å²) in [6, 6.07) is 24.6. The molecule has 4 aromatic rings. The van der Waals surface area contributed by atoms with E-state index in [1.54, 1.807) is 6.21 Å². The van der Waals surface area contributed by atoms with Crippen LogP contribution in [0.3, 0.4) is 0 Å². The quantitative estimate of drug-likeness (QED) is 0.153. The molecule has 0 fully saturated rings. The molecule has 4 rings (SSSR count). The maximum atomic E-state index is 12.2. The van der Waals surface area contributed by atoms with Crippen molar-refractivity contribution in [2.75, 3.05) is 0 Å². The molecule has 0 atom stereocenters. The van der Waals surface area contributed by atoms with Crippen LogP contribution in [0.15, 0.2) is 84.1 Å². The average molecular weight is 453 g/mol. The van der Waals surface area contributed by atoms with Crippen molar-refractivity contribution in [1.29, 1.82) is 0 Å². The first-order valence-corrected chi connectivity index (χ1v) is 12.2. The molecule has 0 aliphatic carbocycles. The molecule has 5 nitrogen and oxygen atoms in total. The van der Waals surface area contributed by atoms with Crippen molar-refractivity contribution in [1.82, 2.24) is 15.2 Å². The number of nitrogens with one attached hydrogen (secondary N) is 1. The first-order valence-electron chi connectivity index (χ1n) is 12.2. The van der Waals surface area contributed by atoms with Crippen LogP contribution >= 0.6 is 0 Å². The zero-order valence-electron chi connectivity index (χ0n) is 19.8. The van der Waals surface area contributed by atoms with Gasteiger partial charge in [-0.25, -0.2) is 10.1 Å². The highest BCUT2D eigenvalue weighted by Crippen LogP contribution is 2.26. The number of fused-ring (bicyclic) bond motifs is 1. The number of amides is 1. The van der Waals surface area contributed by atoms with Gasteiger partial charge in [0.25, 0.3) is 0 Å². The van der Waals surface area contributed by atoms with Crippen LogP contribution in [0.25, 0.3) is 27.7 Å².